The Morgan fingerprint density at radius 3 is 2.63 bits per heavy atom. The van der Waals surface area contributed by atoms with Gasteiger partial charge in [0.25, 0.3) is 5.91 Å². The highest BCUT2D eigenvalue weighted by molar-refractivity contribution is 5.95. The molecule has 1 saturated heterocycles. The van der Waals surface area contributed by atoms with Gasteiger partial charge in [0.1, 0.15) is 13.2 Å². The molecule has 2 N–H and O–H groups in total. The lowest BCUT2D eigenvalue weighted by atomic mass is 10.1. The zero-order valence-electron chi connectivity index (χ0n) is 11.0. The summed E-state index contributed by atoms with van der Waals surface area (Å²) in [5, 5.41) is 10.5. The van der Waals surface area contributed by atoms with Crippen LogP contribution in [-0.4, -0.2) is 66.4 Å². The smallest absolute Gasteiger partial charge is 0.329 e. The molecule has 1 heterocycles. The largest absolute Gasteiger partial charge is 0.480 e. The lowest BCUT2D eigenvalue weighted by molar-refractivity contribution is -0.143. The van der Waals surface area contributed by atoms with Crippen LogP contribution in [0.3, 0.4) is 0 Å². The first-order chi connectivity index (χ1) is 8.80. The first-order valence-corrected chi connectivity index (χ1v) is 5.82. The van der Waals surface area contributed by atoms with Gasteiger partial charge in [0.05, 0.1) is 18.8 Å². The second-order valence-corrected chi connectivity index (χ2v) is 4.77. The van der Waals surface area contributed by atoms with Crippen LogP contribution in [0.5, 0.6) is 0 Å². The number of ether oxygens (including phenoxy) is 2. The zero-order valence-corrected chi connectivity index (χ0v) is 11.0. The molecule has 1 fully saturated rings. The molecule has 8 nitrogen and oxygen atoms in total. The van der Waals surface area contributed by atoms with Crippen molar-refractivity contribution in [2.45, 2.75) is 19.4 Å². The maximum absolute atomic E-state index is 11.8. The molecule has 0 atom stereocenters. The monoisotopic (exact) mass is 274 g/mol. The molecule has 1 aliphatic heterocycles. The molecule has 8 heteroatoms. The van der Waals surface area contributed by atoms with Crippen LogP contribution in [0.2, 0.25) is 0 Å². The van der Waals surface area contributed by atoms with Gasteiger partial charge in [0.15, 0.2) is 0 Å². The predicted molar refractivity (Wildman–Crippen MR) is 63.6 cm³/mol. The minimum atomic E-state index is -1.17. The van der Waals surface area contributed by atoms with E-state index >= 15 is 0 Å². The summed E-state index contributed by atoms with van der Waals surface area (Å²) in [4.78, 5) is 34.7. The molecule has 0 spiro atoms. The third kappa shape index (κ3) is 5.66. The Labute approximate surface area is 110 Å². The van der Waals surface area contributed by atoms with Gasteiger partial charge in [0.2, 0.25) is 0 Å². The molecule has 0 aromatic heterocycles. The fourth-order valence-electron chi connectivity index (χ4n) is 1.66. The Hall–Kier alpha value is -1.67. The van der Waals surface area contributed by atoms with E-state index in [1.54, 1.807) is 0 Å². The third-order valence-electron chi connectivity index (χ3n) is 2.42. The molecule has 0 aromatic carbocycles. The van der Waals surface area contributed by atoms with Crippen LogP contribution in [0.4, 0.5) is 4.79 Å². The Balaban J connectivity index is 2.33. The van der Waals surface area contributed by atoms with E-state index in [-0.39, 0.29) is 0 Å². The minimum absolute atomic E-state index is 0.377. The van der Waals surface area contributed by atoms with Gasteiger partial charge in [-0.15, -0.1) is 0 Å². The number of morpholine rings is 1. The van der Waals surface area contributed by atoms with Crippen LogP contribution >= 0.6 is 0 Å². The molecule has 3 amide bonds. The SMILES string of the molecule is CC1(C)CN(C(=O)NC(=O)COCC(=O)O)CCO1. The van der Waals surface area contributed by atoms with Crippen molar-refractivity contribution in [2.75, 3.05) is 32.9 Å². The minimum Gasteiger partial charge on any atom is -0.480 e. The third-order valence-corrected chi connectivity index (χ3v) is 2.42. The summed E-state index contributed by atoms with van der Waals surface area (Å²) >= 11 is 0. The van der Waals surface area contributed by atoms with Crippen molar-refractivity contribution in [3.8, 4) is 0 Å². The molecule has 0 bridgehead atoms. The van der Waals surface area contributed by atoms with E-state index in [0.717, 1.165) is 0 Å². The van der Waals surface area contributed by atoms with Gasteiger partial charge < -0.3 is 19.5 Å². The summed E-state index contributed by atoms with van der Waals surface area (Å²) < 4.78 is 10.0. The molecule has 1 aliphatic rings. The van der Waals surface area contributed by atoms with Crippen LogP contribution in [0.25, 0.3) is 0 Å². The lowest BCUT2D eigenvalue weighted by Crippen LogP contribution is -2.54. The highest BCUT2D eigenvalue weighted by Crippen LogP contribution is 2.16. The number of urea groups is 1. The highest BCUT2D eigenvalue weighted by Gasteiger charge is 2.30. The summed E-state index contributed by atoms with van der Waals surface area (Å²) in [5.74, 6) is -1.84. The zero-order chi connectivity index (χ0) is 14.5. The van der Waals surface area contributed by atoms with Crippen LogP contribution in [-0.2, 0) is 19.1 Å². The summed E-state index contributed by atoms with van der Waals surface area (Å²) in [6, 6.07) is -0.527. The second-order valence-electron chi connectivity index (χ2n) is 4.77. The van der Waals surface area contributed by atoms with E-state index in [0.29, 0.717) is 19.7 Å². The molecule has 0 unspecified atom stereocenters. The first kappa shape index (κ1) is 15.4. The van der Waals surface area contributed by atoms with Crippen molar-refractivity contribution in [3.63, 3.8) is 0 Å². The van der Waals surface area contributed by atoms with Crippen molar-refractivity contribution < 1.29 is 29.0 Å². The Kier molecular flexibility index (Phi) is 5.25. The van der Waals surface area contributed by atoms with Crippen LogP contribution in [0, 0.1) is 0 Å². The Morgan fingerprint density at radius 2 is 2.05 bits per heavy atom. The molecule has 1 rings (SSSR count). The maximum atomic E-state index is 11.8. The van der Waals surface area contributed by atoms with Gasteiger partial charge in [0, 0.05) is 6.54 Å². The molecule has 0 radical (unpaired) electrons. The average molecular weight is 274 g/mol. The number of rotatable bonds is 4. The number of carboxylic acids is 1. The van der Waals surface area contributed by atoms with Gasteiger partial charge in [-0.2, -0.15) is 0 Å². The van der Waals surface area contributed by atoms with Gasteiger partial charge in [-0.1, -0.05) is 0 Å². The molecule has 0 saturated carbocycles. The summed E-state index contributed by atoms with van der Waals surface area (Å²) in [6.07, 6.45) is 0. The van der Waals surface area contributed by atoms with E-state index < -0.39 is 36.7 Å². The van der Waals surface area contributed by atoms with Crippen LogP contribution in [0.1, 0.15) is 13.8 Å². The standard InChI is InChI=1S/C11H18N2O6/c1-11(2)7-13(3-4-19-11)10(17)12-8(14)5-18-6-9(15)16/h3-7H2,1-2H3,(H,15,16)(H,12,14,17). The molecule has 108 valence electrons. The topological polar surface area (TPSA) is 105 Å². The number of nitrogens with one attached hydrogen (secondary N) is 1. The van der Waals surface area contributed by atoms with Gasteiger partial charge in [-0.05, 0) is 13.8 Å². The van der Waals surface area contributed by atoms with Crippen molar-refractivity contribution >= 4 is 17.9 Å². The lowest BCUT2D eigenvalue weighted by Gasteiger charge is -2.37. The molecule has 19 heavy (non-hydrogen) atoms. The predicted octanol–water partition coefficient (Wildman–Crippen LogP) is -0.565. The maximum Gasteiger partial charge on any atom is 0.329 e. The normalized spacial score (nSPS) is 17.9. The number of nitrogens with zero attached hydrogens (tertiary/aromatic N) is 1. The van der Waals surface area contributed by atoms with Crippen molar-refractivity contribution in [3.05, 3.63) is 0 Å². The van der Waals surface area contributed by atoms with Crippen LogP contribution < -0.4 is 5.32 Å². The highest BCUT2D eigenvalue weighted by atomic mass is 16.5. The number of carboxylic acid groups (broad SMARTS) is 1. The molecule has 0 aliphatic carbocycles. The van der Waals surface area contributed by atoms with Crippen molar-refractivity contribution in [1.29, 1.82) is 0 Å². The number of hydrogen-bond donors (Lipinski definition) is 2. The number of imide groups is 1. The van der Waals surface area contributed by atoms with Gasteiger partial charge in [-0.3, -0.25) is 10.1 Å². The van der Waals surface area contributed by atoms with Gasteiger partial charge >= 0.3 is 12.0 Å². The van der Waals surface area contributed by atoms with E-state index in [9.17, 15) is 14.4 Å². The van der Waals surface area contributed by atoms with E-state index in [1.807, 2.05) is 13.8 Å². The summed E-state index contributed by atoms with van der Waals surface area (Å²) in [7, 11) is 0. The number of carbonyl (C=O) groups is 3. The number of hydrogen-bond acceptors (Lipinski definition) is 5. The number of amides is 3. The van der Waals surface area contributed by atoms with E-state index in [2.05, 4.69) is 10.1 Å². The number of carbonyl (C=O) groups excluding carboxylic acids is 2. The van der Waals surface area contributed by atoms with Gasteiger partial charge in [-0.25, -0.2) is 9.59 Å². The molecule has 0 aromatic rings. The second kappa shape index (κ2) is 6.48. The first-order valence-electron chi connectivity index (χ1n) is 5.82. The molecular weight excluding hydrogens is 256 g/mol. The van der Waals surface area contributed by atoms with Crippen LogP contribution in [0.15, 0.2) is 0 Å². The Bertz CT molecular complexity index is 368. The van der Waals surface area contributed by atoms with Crippen molar-refractivity contribution in [1.82, 2.24) is 10.2 Å². The van der Waals surface area contributed by atoms with Crippen molar-refractivity contribution in [2.24, 2.45) is 0 Å². The quantitative estimate of drug-likeness (QED) is 0.711. The number of aliphatic carboxylic acids is 1. The average Bonchev–Trinajstić information content (AvgIpc) is 2.26. The summed E-state index contributed by atoms with van der Waals surface area (Å²) in [6.45, 7) is 3.84. The Morgan fingerprint density at radius 1 is 1.37 bits per heavy atom. The van der Waals surface area contributed by atoms with E-state index in [1.165, 1.54) is 4.90 Å². The fourth-order valence-corrected chi connectivity index (χ4v) is 1.66. The van der Waals surface area contributed by atoms with E-state index in [4.69, 9.17) is 9.84 Å². The molecular formula is C11H18N2O6. The fraction of sp³-hybridized carbons (Fsp3) is 0.727. The summed E-state index contributed by atoms with van der Waals surface area (Å²) in [5.41, 5.74) is -0.446.